The SMILES string of the molecule is C\C=C/C=C(\C=C/C)c1cc(N2CC(CN3CCOCC3)C2)c2nonc2c1. The van der Waals surface area contributed by atoms with Crippen LogP contribution < -0.4 is 4.90 Å². The van der Waals surface area contributed by atoms with Crippen LogP contribution in [0.5, 0.6) is 0 Å². The lowest BCUT2D eigenvalue weighted by molar-refractivity contribution is 0.0286. The maximum atomic E-state index is 5.45. The van der Waals surface area contributed by atoms with Crippen molar-refractivity contribution in [3.8, 4) is 0 Å². The molecule has 0 atom stereocenters. The molecule has 2 aliphatic rings. The number of ether oxygens (including phenoxy) is 1. The Hall–Kier alpha value is -2.44. The highest BCUT2D eigenvalue weighted by Gasteiger charge is 2.31. The van der Waals surface area contributed by atoms with Gasteiger partial charge >= 0.3 is 0 Å². The average molecular weight is 380 g/mol. The second-order valence-corrected chi connectivity index (χ2v) is 7.46. The van der Waals surface area contributed by atoms with Gasteiger partial charge in [-0.05, 0) is 47.4 Å². The first-order valence-electron chi connectivity index (χ1n) is 10.1. The van der Waals surface area contributed by atoms with Gasteiger partial charge in [-0.1, -0.05) is 30.4 Å². The Balaban J connectivity index is 1.55. The van der Waals surface area contributed by atoms with E-state index in [1.807, 2.05) is 19.9 Å². The Labute approximate surface area is 166 Å². The number of morpholine rings is 1. The Bertz CT molecular complexity index is 887. The first kappa shape index (κ1) is 18.9. The minimum absolute atomic E-state index is 0.685. The van der Waals surface area contributed by atoms with Crippen LogP contribution in [-0.2, 0) is 4.74 Å². The van der Waals surface area contributed by atoms with Crippen LogP contribution in [0.4, 0.5) is 5.69 Å². The molecule has 148 valence electrons. The quantitative estimate of drug-likeness (QED) is 0.715. The molecule has 2 fully saturated rings. The fraction of sp³-hybridized carbons (Fsp3) is 0.455. The Morgan fingerprint density at radius 3 is 2.71 bits per heavy atom. The number of rotatable bonds is 6. The predicted molar refractivity (Wildman–Crippen MR) is 112 cm³/mol. The van der Waals surface area contributed by atoms with E-state index < -0.39 is 0 Å². The standard InChI is InChI=1S/C22H28N4O2/c1-3-5-7-18(6-4-2)19-12-20-22(24-28-23-20)21(13-19)26-15-17(16-26)14-25-8-10-27-11-9-25/h3-7,12-13,17H,8-11,14-16H2,1-2H3/b5-3-,6-4-,18-7+. The molecule has 0 saturated carbocycles. The maximum absolute atomic E-state index is 5.45. The second-order valence-electron chi connectivity index (χ2n) is 7.46. The van der Waals surface area contributed by atoms with Crippen LogP contribution in [0, 0.1) is 5.92 Å². The van der Waals surface area contributed by atoms with Crippen LogP contribution >= 0.6 is 0 Å². The molecule has 6 nitrogen and oxygen atoms in total. The summed E-state index contributed by atoms with van der Waals surface area (Å²) >= 11 is 0. The average Bonchev–Trinajstić information content (AvgIpc) is 3.16. The number of nitrogens with zero attached hydrogens (tertiary/aromatic N) is 4. The molecule has 0 unspecified atom stereocenters. The summed E-state index contributed by atoms with van der Waals surface area (Å²) in [5.74, 6) is 0.685. The summed E-state index contributed by atoms with van der Waals surface area (Å²) < 4.78 is 10.5. The van der Waals surface area contributed by atoms with Crippen molar-refractivity contribution >= 4 is 22.3 Å². The molecule has 2 aromatic rings. The molecule has 0 N–H and O–H groups in total. The summed E-state index contributed by atoms with van der Waals surface area (Å²) in [7, 11) is 0. The smallest absolute Gasteiger partial charge is 0.158 e. The van der Waals surface area contributed by atoms with Crippen molar-refractivity contribution in [1.29, 1.82) is 0 Å². The topological polar surface area (TPSA) is 54.6 Å². The third-order valence-corrected chi connectivity index (χ3v) is 5.41. The van der Waals surface area contributed by atoms with Gasteiger partial charge in [0.2, 0.25) is 0 Å². The van der Waals surface area contributed by atoms with E-state index >= 15 is 0 Å². The molecule has 1 aromatic carbocycles. The molecule has 0 radical (unpaired) electrons. The number of fused-ring (bicyclic) bond motifs is 1. The highest BCUT2D eigenvalue weighted by atomic mass is 16.6. The van der Waals surface area contributed by atoms with E-state index in [1.165, 1.54) is 0 Å². The fourth-order valence-corrected chi connectivity index (χ4v) is 3.94. The third kappa shape index (κ3) is 4.03. The van der Waals surface area contributed by atoms with Crippen LogP contribution in [0.2, 0.25) is 0 Å². The lowest BCUT2D eigenvalue weighted by Crippen LogP contribution is -2.53. The summed E-state index contributed by atoms with van der Waals surface area (Å²) in [6.45, 7) is 11.1. The monoisotopic (exact) mass is 380 g/mol. The highest BCUT2D eigenvalue weighted by molar-refractivity contribution is 5.93. The normalized spacial score (nSPS) is 19.9. The van der Waals surface area contributed by atoms with E-state index in [0.29, 0.717) is 5.92 Å². The summed E-state index contributed by atoms with van der Waals surface area (Å²) in [5.41, 5.74) is 5.05. The second kappa shape index (κ2) is 8.71. The van der Waals surface area contributed by atoms with Gasteiger partial charge in [0.15, 0.2) is 5.52 Å². The Morgan fingerprint density at radius 2 is 1.96 bits per heavy atom. The molecule has 0 amide bonds. The van der Waals surface area contributed by atoms with Crippen LogP contribution in [0.1, 0.15) is 19.4 Å². The van der Waals surface area contributed by atoms with Crippen molar-refractivity contribution in [3.63, 3.8) is 0 Å². The Morgan fingerprint density at radius 1 is 1.14 bits per heavy atom. The molecule has 2 saturated heterocycles. The first-order chi connectivity index (χ1) is 13.8. The number of anilines is 1. The van der Waals surface area contributed by atoms with Gasteiger partial charge in [-0.2, -0.15) is 0 Å². The van der Waals surface area contributed by atoms with Crippen molar-refractivity contribution in [2.24, 2.45) is 5.92 Å². The molecule has 28 heavy (non-hydrogen) atoms. The minimum atomic E-state index is 0.685. The van der Waals surface area contributed by atoms with Crippen molar-refractivity contribution in [2.45, 2.75) is 13.8 Å². The van der Waals surface area contributed by atoms with E-state index in [2.05, 4.69) is 56.5 Å². The van der Waals surface area contributed by atoms with Gasteiger partial charge in [-0.15, -0.1) is 0 Å². The van der Waals surface area contributed by atoms with Gasteiger partial charge in [0.1, 0.15) is 5.52 Å². The van der Waals surface area contributed by atoms with Gasteiger partial charge in [0, 0.05) is 38.6 Å². The summed E-state index contributed by atoms with van der Waals surface area (Å²) in [4.78, 5) is 4.91. The predicted octanol–water partition coefficient (Wildman–Crippen LogP) is 3.53. The molecule has 3 heterocycles. The third-order valence-electron chi connectivity index (χ3n) is 5.41. The molecule has 0 bridgehead atoms. The molecular weight excluding hydrogens is 352 g/mol. The molecule has 6 heteroatoms. The van der Waals surface area contributed by atoms with Crippen molar-refractivity contribution in [1.82, 2.24) is 15.2 Å². The van der Waals surface area contributed by atoms with Crippen LogP contribution in [0.3, 0.4) is 0 Å². The summed E-state index contributed by atoms with van der Waals surface area (Å²) in [6.07, 6.45) is 10.4. The molecule has 2 aliphatic heterocycles. The first-order valence-corrected chi connectivity index (χ1v) is 10.1. The van der Waals surface area contributed by atoms with Gasteiger partial charge < -0.3 is 9.64 Å². The van der Waals surface area contributed by atoms with E-state index in [1.54, 1.807) is 0 Å². The van der Waals surface area contributed by atoms with Crippen LogP contribution in [0.15, 0.2) is 47.1 Å². The van der Waals surface area contributed by atoms with Crippen molar-refractivity contribution in [2.75, 3.05) is 50.8 Å². The molecule has 4 rings (SSSR count). The van der Waals surface area contributed by atoms with E-state index in [9.17, 15) is 0 Å². The number of aromatic nitrogens is 2. The highest BCUT2D eigenvalue weighted by Crippen LogP contribution is 2.34. The number of benzene rings is 1. The largest absolute Gasteiger partial charge is 0.379 e. The van der Waals surface area contributed by atoms with E-state index in [0.717, 1.165) is 73.8 Å². The molecule has 0 aliphatic carbocycles. The van der Waals surface area contributed by atoms with Crippen LogP contribution in [-0.4, -0.2) is 61.2 Å². The van der Waals surface area contributed by atoms with Crippen molar-refractivity contribution < 1.29 is 9.37 Å². The maximum Gasteiger partial charge on any atom is 0.158 e. The van der Waals surface area contributed by atoms with Gasteiger partial charge in [0.25, 0.3) is 0 Å². The molecule has 0 spiro atoms. The molecule has 1 aromatic heterocycles. The van der Waals surface area contributed by atoms with Crippen LogP contribution in [0.25, 0.3) is 16.6 Å². The molecular formula is C22H28N4O2. The van der Waals surface area contributed by atoms with Crippen molar-refractivity contribution in [3.05, 3.63) is 48.1 Å². The summed E-state index contributed by atoms with van der Waals surface area (Å²) in [6, 6.07) is 4.27. The fourth-order valence-electron chi connectivity index (χ4n) is 3.94. The Kier molecular flexibility index (Phi) is 5.88. The lowest BCUT2D eigenvalue weighted by atomic mass is 9.96. The zero-order valence-electron chi connectivity index (χ0n) is 16.7. The zero-order chi connectivity index (χ0) is 19.3. The van der Waals surface area contributed by atoms with Gasteiger partial charge in [-0.3, -0.25) is 4.90 Å². The lowest BCUT2D eigenvalue weighted by Gasteiger charge is -2.43. The minimum Gasteiger partial charge on any atom is -0.379 e. The van der Waals surface area contributed by atoms with E-state index in [-0.39, 0.29) is 0 Å². The zero-order valence-corrected chi connectivity index (χ0v) is 16.7. The number of hydrogen-bond donors (Lipinski definition) is 0. The summed E-state index contributed by atoms with van der Waals surface area (Å²) in [5, 5.41) is 8.28. The van der Waals surface area contributed by atoms with Gasteiger partial charge in [-0.25, -0.2) is 4.63 Å². The van der Waals surface area contributed by atoms with E-state index in [4.69, 9.17) is 9.37 Å². The number of hydrogen-bond acceptors (Lipinski definition) is 6. The van der Waals surface area contributed by atoms with Gasteiger partial charge in [0.05, 0.1) is 18.9 Å². The number of allylic oxidation sites excluding steroid dienone is 6.